The van der Waals surface area contributed by atoms with Crippen molar-refractivity contribution in [2.24, 2.45) is 5.92 Å². The lowest BCUT2D eigenvalue weighted by Crippen LogP contribution is -2.33. The fourth-order valence-electron chi connectivity index (χ4n) is 2.81. The molecule has 2 nitrogen and oxygen atoms in total. The lowest BCUT2D eigenvalue weighted by Gasteiger charge is -2.24. The van der Waals surface area contributed by atoms with Gasteiger partial charge in [-0.05, 0) is 63.5 Å². The van der Waals surface area contributed by atoms with Gasteiger partial charge in [-0.15, -0.1) is 0 Å². The quantitative estimate of drug-likeness (QED) is 0.862. The van der Waals surface area contributed by atoms with Crippen LogP contribution in [0.3, 0.4) is 0 Å². The van der Waals surface area contributed by atoms with Gasteiger partial charge in [-0.1, -0.05) is 12.1 Å². The number of rotatable bonds is 5. The molecule has 2 unspecified atom stereocenters. The summed E-state index contributed by atoms with van der Waals surface area (Å²) in [7, 11) is 2.02. The Hall–Kier alpha value is -0.930. The van der Waals surface area contributed by atoms with Gasteiger partial charge in [0, 0.05) is 12.6 Å². The number of hydrogen-bond donors (Lipinski definition) is 1. The van der Waals surface area contributed by atoms with E-state index in [9.17, 15) is 4.39 Å². The average molecular weight is 250 g/mol. The predicted octanol–water partition coefficient (Wildman–Crippen LogP) is 2.30. The third kappa shape index (κ3) is 3.53. The van der Waals surface area contributed by atoms with Crippen LogP contribution < -0.4 is 5.32 Å². The molecular weight excluding hydrogens is 227 g/mol. The van der Waals surface area contributed by atoms with E-state index in [1.807, 2.05) is 19.2 Å². The van der Waals surface area contributed by atoms with E-state index < -0.39 is 0 Å². The highest BCUT2D eigenvalue weighted by Crippen LogP contribution is 2.20. The zero-order chi connectivity index (χ0) is 13.0. The number of nitrogens with one attached hydrogen (secondary N) is 1. The summed E-state index contributed by atoms with van der Waals surface area (Å²) in [5.41, 5.74) is 1.22. The van der Waals surface area contributed by atoms with E-state index in [-0.39, 0.29) is 5.82 Å². The van der Waals surface area contributed by atoms with Crippen molar-refractivity contribution >= 4 is 0 Å². The molecule has 0 amide bonds. The van der Waals surface area contributed by atoms with E-state index in [0.29, 0.717) is 6.04 Å². The zero-order valence-corrected chi connectivity index (χ0v) is 11.3. The van der Waals surface area contributed by atoms with Crippen molar-refractivity contribution in [1.82, 2.24) is 10.2 Å². The lowest BCUT2D eigenvalue weighted by atomic mass is 10.1. The van der Waals surface area contributed by atoms with Crippen molar-refractivity contribution in [1.29, 1.82) is 0 Å². The molecule has 1 aliphatic rings. The maximum absolute atomic E-state index is 12.8. The summed E-state index contributed by atoms with van der Waals surface area (Å²) in [6.07, 6.45) is 2.29. The van der Waals surface area contributed by atoms with Gasteiger partial charge in [0.25, 0.3) is 0 Å². The SMILES string of the molecule is CNCC1CCN(C(C)Cc2ccc(F)cc2)C1. The third-order valence-electron chi connectivity index (χ3n) is 3.88. The lowest BCUT2D eigenvalue weighted by molar-refractivity contribution is 0.247. The summed E-state index contributed by atoms with van der Waals surface area (Å²) in [5.74, 6) is 0.632. The summed E-state index contributed by atoms with van der Waals surface area (Å²) in [5, 5.41) is 3.26. The van der Waals surface area contributed by atoms with Crippen molar-refractivity contribution in [3.63, 3.8) is 0 Å². The summed E-state index contributed by atoms with van der Waals surface area (Å²) in [6, 6.07) is 7.43. The topological polar surface area (TPSA) is 15.3 Å². The molecule has 1 N–H and O–H groups in total. The number of nitrogens with zero attached hydrogens (tertiary/aromatic N) is 1. The van der Waals surface area contributed by atoms with Crippen molar-refractivity contribution < 1.29 is 4.39 Å². The first-order chi connectivity index (χ1) is 8.69. The van der Waals surface area contributed by atoms with Crippen LogP contribution in [0.1, 0.15) is 18.9 Å². The van der Waals surface area contributed by atoms with E-state index in [4.69, 9.17) is 0 Å². The molecular formula is C15H23FN2. The molecule has 0 bridgehead atoms. The normalized spacial score (nSPS) is 22.3. The van der Waals surface area contributed by atoms with Crippen molar-refractivity contribution in [2.45, 2.75) is 25.8 Å². The minimum Gasteiger partial charge on any atom is -0.319 e. The van der Waals surface area contributed by atoms with E-state index >= 15 is 0 Å². The summed E-state index contributed by atoms with van der Waals surface area (Å²) >= 11 is 0. The number of halogens is 1. The maximum atomic E-state index is 12.8. The van der Waals surface area contributed by atoms with E-state index in [1.165, 1.54) is 25.1 Å². The first-order valence-electron chi connectivity index (χ1n) is 6.82. The molecule has 0 saturated carbocycles. The van der Waals surface area contributed by atoms with Gasteiger partial charge in [0.15, 0.2) is 0 Å². The molecule has 2 rings (SSSR count). The Balaban J connectivity index is 1.85. The van der Waals surface area contributed by atoms with Crippen LogP contribution in [0.15, 0.2) is 24.3 Å². The number of likely N-dealkylation sites (tertiary alicyclic amines) is 1. The monoisotopic (exact) mass is 250 g/mol. The van der Waals surface area contributed by atoms with E-state index in [1.54, 1.807) is 12.1 Å². The average Bonchev–Trinajstić information content (AvgIpc) is 2.81. The smallest absolute Gasteiger partial charge is 0.123 e. The van der Waals surface area contributed by atoms with Crippen LogP contribution >= 0.6 is 0 Å². The second-order valence-electron chi connectivity index (χ2n) is 5.39. The summed E-state index contributed by atoms with van der Waals surface area (Å²) < 4.78 is 12.8. The minimum atomic E-state index is -0.151. The molecule has 0 spiro atoms. The largest absolute Gasteiger partial charge is 0.319 e. The second-order valence-corrected chi connectivity index (χ2v) is 5.39. The van der Waals surface area contributed by atoms with Crippen molar-refractivity contribution in [3.05, 3.63) is 35.6 Å². The molecule has 0 aliphatic carbocycles. The van der Waals surface area contributed by atoms with Crippen LogP contribution in [0.25, 0.3) is 0 Å². The van der Waals surface area contributed by atoms with Gasteiger partial charge in [0.1, 0.15) is 5.82 Å². The Morgan fingerprint density at radius 1 is 1.39 bits per heavy atom. The molecule has 0 radical (unpaired) electrons. The van der Waals surface area contributed by atoms with E-state index in [2.05, 4.69) is 17.1 Å². The van der Waals surface area contributed by atoms with Crippen LogP contribution in [0.5, 0.6) is 0 Å². The molecule has 3 heteroatoms. The van der Waals surface area contributed by atoms with Gasteiger partial charge in [0.05, 0.1) is 0 Å². The standard InChI is InChI=1S/C15H23FN2/c1-12(9-13-3-5-15(16)6-4-13)18-8-7-14(11-18)10-17-2/h3-6,12,14,17H,7-11H2,1-2H3. The van der Waals surface area contributed by atoms with Crippen LogP contribution in [0, 0.1) is 11.7 Å². The minimum absolute atomic E-state index is 0.151. The van der Waals surface area contributed by atoms with Gasteiger partial charge in [0.2, 0.25) is 0 Å². The molecule has 18 heavy (non-hydrogen) atoms. The van der Waals surface area contributed by atoms with Crippen LogP contribution in [0.4, 0.5) is 4.39 Å². The van der Waals surface area contributed by atoms with Gasteiger partial charge in [-0.2, -0.15) is 0 Å². The van der Waals surface area contributed by atoms with Crippen LogP contribution in [-0.2, 0) is 6.42 Å². The Kier molecular flexibility index (Phi) is 4.72. The van der Waals surface area contributed by atoms with Crippen LogP contribution in [-0.4, -0.2) is 37.6 Å². The Bertz CT molecular complexity index is 363. The maximum Gasteiger partial charge on any atom is 0.123 e. The Morgan fingerprint density at radius 3 is 2.78 bits per heavy atom. The van der Waals surface area contributed by atoms with Gasteiger partial charge >= 0.3 is 0 Å². The fourth-order valence-corrected chi connectivity index (χ4v) is 2.81. The highest BCUT2D eigenvalue weighted by Gasteiger charge is 2.25. The summed E-state index contributed by atoms with van der Waals surface area (Å²) in [6.45, 7) is 5.75. The van der Waals surface area contributed by atoms with Crippen molar-refractivity contribution in [3.8, 4) is 0 Å². The van der Waals surface area contributed by atoms with Crippen LogP contribution in [0.2, 0.25) is 0 Å². The zero-order valence-electron chi connectivity index (χ0n) is 11.3. The van der Waals surface area contributed by atoms with E-state index in [0.717, 1.165) is 18.9 Å². The molecule has 1 saturated heterocycles. The Morgan fingerprint density at radius 2 is 2.11 bits per heavy atom. The highest BCUT2D eigenvalue weighted by atomic mass is 19.1. The molecule has 1 aromatic carbocycles. The van der Waals surface area contributed by atoms with Gasteiger partial charge < -0.3 is 5.32 Å². The molecule has 0 aromatic heterocycles. The first-order valence-corrected chi connectivity index (χ1v) is 6.82. The predicted molar refractivity (Wildman–Crippen MR) is 73.2 cm³/mol. The van der Waals surface area contributed by atoms with Gasteiger partial charge in [-0.25, -0.2) is 4.39 Å². The number of hydrogen-bond acceptors (Lipinski definition) is 2. The Labute approximate surface area is 109 Å². The van der Waals surface area contributed by atoms with Gasteiger partial charge in [-0.3, -0.25) is 4.90 Å². The number of benzene rings is 1. The molecule has 1 aliphatic heterocycles. The molecule has 1 heterocycles. The molecule has 100 valence electrons. The molecule has 1 aromatic rings. The summed E-state index contributed by atoms with van der Waals surface area (Å²) in [4.78, 5) is 2.55. The fraction of sp³-hybridized carbons (Fsp3) is 0.600. The highest BCUT2D eigenvalue weighted by molar-refractivity contribution is 5.17. The molecule has 1 fully saturated rings. The molecule has 2 atom stereocenters. The first kappa shape index (κ1) is 13.5. The third-order valence-corrected chi connectivity index (χ3v) is 3.88. The van der Waals surface area contributed by atoms with Crippen molar-refractivity contribution in [2.75, 3.05) is 26.7 Å². The second kappa shape index (κ2) is 6.30.